The summed E-state index contributed by atoms with van der Waals surface area (Å²) >= 11 is 3.31. The van der Waals surface area contributed by atoms with Crippen molar-refractivity contribution >= 4 is 31.8 Å². The summed E-state index contributed by atoms with van der Waals surface area (Å²) in [6, 6.07) is 10.2. The van der Waals surface area contributed by atoms with Crippen LogP contribution in [0, 0.1) is 13.8 Å². The maximum atomic E-state index is 12.3. The third-order valence-corrected chi connectivity index (χ3v) is 4.56. The molecule has 0 saturated heterocycles. The number of benzene rings is 1. The van der Waals surface area contributed by atoms with Gasteiger partial charge in [-0.15, -0.1) is 0 Å². The smallest absolute Gasteiger partial charge is 0.263 e. The van der Waals surface area contributed by atoms with E-state index < -0.39 is 10.0 Å². The van der Waals surface area contributed by atoms with Crippen LogP contribution in [0.2, 0.25) is 0 Å². The van der Waals surface area contributed by atoms with E-state index in [2.05, 4.69) is 25.6 Å². The van der Waals surface area contributed by atoms with Gasteiger partial charge in [0.15, 0.2) is 0 Å². The lowest BCUT2D eigenvalue weighted by molar-refractivity contribution is 0.600. The Labute approximate surface area is 121 Å². The van der Waals surface area contributed by atoms with E-state index in [4.69, 9.17) is 0 Å². The van der Waals surface area contributed by atoms with Gasteiger partial charge in [-0.3, -0.25) is 4.72 Å². The molecule has 0 aliphatic heterocycles. The van der Waals surface area contributed by atoms with Gasteiger partial charge < -0.3 is 0 Å². The van der Waals surface area contributed by atoms with Crippen molar-refractivity contribution in [2.45, 2.75) is 18.7 Å². The lowest BCUT2D eigenvalue weighted by Gasteiger charge is -2.10. The van der Waals surface area contributed by atoms with Crippen LogP contribution in [0.15, 0.2) is 45.8 Å². The molecule has 0 radical (unpaired) electrons. The second-order valence-electron chi connectivity index (χ2n) is 4.18. The number of nitrogens with zero attached hydrogens (tertiary/aromatic N) is 1. The molecule has 0 atom stereocenters. The molecule has 1 heterocycles. The van der Waals surface area contributed by atoms with E-state index in [0.717, 1.165) is 10.2 Å². The average molecular weight is 341 g/mol. The molecular formula is C13H13BrN2O2S. The number of aryl methyl sites for hydroxylation is 2. The first kappa shape index (κ1) is 14.0. The van der Waals surface area contributed by atoms with Gasteiger partial charge in [0.1, 0.15) is 5.82 Å². The van der Waals surface area contributed by atoms with Gasteiger partial charge in [0.2, 0.25) is 0 Å². The molecule has 0 amide bonds. The summed E-state index contributed by atoms with van der Waals surface area (Å²) in [6.07, 6.45) is 0. The van der Waals surface area contributed by atoms with Crippen LogP contribution in [0.1, 0.15) is 11.3 Å². The number of hydrogen-bond acceptors (Lipinski definition) is 3. The van der Waals surface area contributed by atoms with Gasteiger partial charge in [0.25, 0.3) is 10.0 Å². The average Bonchev–Trinajstić information content (AvgIpc) is 2.27. The van der Waals surface area contributed by atoms with Crippen molar-refractivity contribution in [3.05, 3.63) is 52.1 Å². The first-order valence-electron chi connectivity index (χ1n) is 5.61. The Morgan fingerprint density at radius 3 is 2.53 bits per heavy atom. The molecule has 100 valence electrons. The molecule has 2 rings (SSSR count). The highest BCUT2D eigenvalue weighted by Crippen LogP contribution is 2.22. The molecule has 0 bridgehead atoms. The first-order chi connectivity index (χ1) is 8.88. The number of hydrogen-bond donors (Lipinski definition) is 1. The predicted molar refractivity (Wildman–Crippen MR) is 78.7 cm³/mol. The number of nitrogens with one attached hydrogen (secondary N) is 1. The zero-order valence-corrected chi connectivity index (χ0v) is 12.9. The molecule has 0 spiro atoms. The number of rotatable bonds is 3. The molecule has 6 heteroatoms. The van der Waals surface area contributed by atoms with Gasteiger partial charge in [-0.1, -0.05) is 22.0 Å². The van der Waals surface area contributed by atoms with E-state index in [9.17, 15) is 8.42 Å². The molecule has 1 aromatic carbocycles. The number of anilines is 1. The highest BCUT2D eigenvalue weighted by molar-refractivity contribution is 9.10. The Kier molecular flexibility index (Phi) is 3.91. The predicted octanol–water partition coefficient (Wildman–Crippen LogP) is 3.26. The van der Waals surface area contributed by atoms with Crippen molar-refractivity contribution in [3.63, 3.8) is 0 Å². The van der Waals surface area contributed by atoms with Crippen molar-refractivity contribution < 1.29 is 8.42 Å². The normalized spacial score (nSPS) is 11.3. The number of pyridine rings is 1. The molecule has 0 aliphatic rings. The Hall–Kier alpha value is -1.40. The summed E-state index contributed by atoms with van der Waals surface area (Å²) in [4.78, 5) is 4.38. The van der Waals surface area contributed by atoms with Crippen LogP contribution in [0.4, 0.5) is 5.82 Å². The van der Waals surface area contributed by atoms with E-state index in [0.29, 0.717) is 11.4 Å². The molecule has 19 heavy (non-hydrogen) atoms. The van der Waals surface area contributed by atoms with Crippen LogP contribution >= 0.6 is 15.9 Å². The fraction of sp³-hybridized carbons (Fsp3) is 0.154. The summed E-state index contributed by atoms with van der Waals surface area (Å²) in [5.74, 6) is 0.322. The van der Waals surface area contributed by atoms with Crippen molar-refractivity contribution in [2.75, 3.05) is 4.72 Å². The van der Waals surface area contributed by atoms with Crippen LogP contribution < -0.4 is 4.72 Å². The minimum atomic E-state index is -3.61. The van der Waals surface area contributed by atoms with E-state index in [1.165, 1.54) is 0 Å². The second kappa shape index (κ2) is 5.30. The van der Waals surface area contributed by atoms with E-state index in [1.54, 1.807) is 37.3 Å². The third-order valence-electron chi connectivity index (χ3n) is 2.55. The van der Waals surface area contributed by atoms with Crippen LogP contribution in [0.5, 0.6) is 0 Å². The molecule has 0 unspecified atom stereocenters. The third kappa shape index (κ3) is 3.33. The maximum Gasteiger partial charge on any atom is 0.263 e. The molecule has 1 aromatic heterocycles. The Bertz CT molecular complexity index is 714. The van der Waals surface area contributed by atoms with Crippen LogP contribution in [0.25, 0.3) is 0 Å². The maximum absolute atomic E-state index is 12.3. The fourth-order valence-corrected chi connectivity index (χ4v) is 3.41. The summed E-state index contributed by atoms with van der Waals surface area (Å²) in [5, 5.41) is 0. The molecule has 0 aliphatic carbocycles. The van der Waals surface area contributed by atoms with Gasteiger partial charge in [-0.2, -0.15) is 0 Å². The molecule has 0 fully saturated rings. The minimum Gasteiger partial charge on any atom is -0.263 e. The second-order valence-corrected chi connectivity index (χ2v) is 6.75. The van der Waals surface area contributed by atoms with E-state index in [1.807, 2.05) is 13.0 Å². The monoisotopic (exact) mass is 340 g/mol. The zero-order chi connectivity index (χ0) is 14.0. The molecular weight excluding hydrogens is 328 g/mol. The number of halogens is 1. The Morgan fingerprint density at radius 1 is 1.16 bits per heavy atom. The van der Waals surface area contributed by atoms with Crippen molar-refractivity contribution in [1.82, 2.24) is 4.98 Å². The van der Waals surface area contributed by atoms with E-state index >= 15 is 0 Å². The SMILES string of the molecule is Cc1cccc(NS(=O)(=O)c2ccc(Br)cc2C)n1. The fourth-order valence-electron chi connectivity index (χ4n) is 1.71. The highest BCUT2D eigenvalue weighted by atomic mass is 79.9. The van der Waals surface area contributed by atoms with Gasteiger partial charge >= 0.3 is 0 Å². The largest absolute Gasteiger partial charge is 0.263 e. The zero-order valence-electron chi connectivity index (χ0n) is 10.5. The van der Waals surface area contributed by atoms with Crippen LogP contribution in [-0.2, 0) is 10.0 Å². The highest BCUT2D eigenvalue weighted by Gasteiger charge is 2.17. The van der Waals surface area contributed by atoms with Crippen LogP contribution in [0.3, 0.4) is 0 Å². The summed E-state index contributed by atoms with van der Waals surface area (Å²) in [7, 11) is -3.61. The van der Waals surface area contributed by atoms with Gasteiger partial charge in [0.05, 0.1) is 4.90 Å². The van der Waals surface area contributed by atoms with Crippen molar-refractivity contribution in [2.24, 2.45) is 0 Å². The molecule has 1 N–H and O–H groups in total. The summed E-state index contributed by atoms with van der Waals surface area (Å²) in [6.45, 7) is 3.56. The van der Waals surface area contributed by atoms with Gasteiger partial charge in [-0.25, -0.2) is 13.4 Å². The molecule has 2 aromatic rings. The summed E-state index contributed by atoms with van der Waals surface area (Å²) < 4.78 is 27.9. The van der Waals surface area contributed by atoms with Crippen molar-refractivity contribution in [3.8, 4) is 0 Å². The Morgan fingerprint density at radius 2 is 1.89 bits per heavy atom. The standard InChI is InChI=1S/C13H13BrN2O2S/c1-9-8-11(14)6-7-12(9)19(17,18)16-13-5-3-4-10(2)15-13/h3-8H,1-2H3,(H,15,16). The van der Waals surface area contributed by atoms with Gasteiger partial charge in [-0.05, 0) is 49.7 Å². The lowest BCUT2D eigenvalue weighted by atomic mass is 10.2. The summed E-state index contributed by atoms with van der Waals surface area (Å²) in [5.41, 5.74) is 1.43. The lowest BCUT2D eigenvalue weighted by Crippen LogP contribution is -2.15. The number of sulfonamides is 1. The minimum absolute atomic E-state index is 0.249. The number of aromatic nitrogens is 1. The van der Waals surface area contributed by atoms with Crippen LogP contribution in [-0.4, -0.2) is 13.4 Å². The molecule has 0 saturated carbocycles. The topological polar surface area (TPSA) is 59.1 Å². The Balaban J connectivity index is 2.38. The van der Waals surface area contributed by atoms with E-state index in [-0.39, 0.29) is 4.90 Å². The van der Waals surface area contributed by atoms with Gasteiger partial charge in [0, 0.05) is 10.2 Å². The first-order valence-corrected chi connectivity index (χ1v) is 7.89. The quantitative estimate of drug-likeness (QED) is 0.932. The molecule has 4 nitrogen and oxygen atoms in total. The van der Waals surface area contributed by atoms with Crippen molar-refractivity contribution in [1.29, 1.82) is 0 Å².